The zero-order valence-corrected chi connectivity index (χ0v) is 10.0. The van der Waals surface area contributed by atoms with Gasteiger partial charge in [0.15, 0.2) is 0 Å². The SMILES string of the molecule is CCN(CCC#N)C(=O)c1ccc(F)cc1C. The standard InChI is InChI=1S/C13H15FN2O/c1-3-16(8-4-7-15)13(17)12-6-5-11(14)9-10(12)2/h5-6,9H,3-4,8H2,1-2H3. The van der Waals surface area contributed by atoms with Gasteiger partial charge in [0.25, 0.3) is 5.91 Å². The lowest BCUT2D eigenvalue weighted by atomic mass is 10.1. The van der Waals surface area contributed by atoms with Crippen LogP contribution in [0.5, 0.6) is 0 Å². The van der Waals surface area contributed by atoms with Crippen molar-refractivity contribution in [1.29, 1.82) is 5.26 Å². The molecule has 0 N–H and O–H groups in total. The minimum atomic E-state index is -0.348. The van der Waals surface area contributed by atoms with Crippen molar-refractivity contribution in [3.05, 3.63) is 35.1 Å². The Hall–Kier alpha value is -1.89. The molecule has 0 bridgehead atoms. The van der Waals surface area contributed by atoms with E-state index in [1.165, 1.54) is 18.2 Å². The molecule has 0 aliphatic carbocycles. The van der Waals surface area contributed by atoms with Crippen LogP contribution in [0.15, 0.2) is 18.2 Å². The molecule has 1 aromatic carbocycles. The molecule has 0 aromatic heterocycles. The monoisotopic (exact) mass is 234 g/mol. The van der Waals surface area contributed by atoms with E-state index in [9.17, 15) is 9.18 Å². The van der Waals surface area contributed by atoms with E-state index in [0.717, 1.165) is 0 Å². The van der Waals surface area contributed by atoms with Gasteiger partial charge in [0.2, 0.25) is 0 Å². The van der Waals surface area contributed by atoms with Gasteiger partial charge in [-0.3, -0.25) is 4.79 Å². The molecule has 1 rings (SSSR count). The van der Waals surface area contributed by atoms with Gasteiger partial charge in [-0.2, -0.15) is 5.26 Å². The molecule has 1 aromatic rings. The Bertz CT molecular complexity index is 451. The van der Waals surface area contributed by atoms with Crippen LogP contribution in [0, 0.1) is 24.1 Å². The van der Waals surface area contributed by atoms with Gasteiger partial charge in [-0.15, -0.1) is 0 Å². The molecular weight excluding hydrogens is 219 g/mol. The lowest BCUT2D eigenvalue weighted by Crippen LogP contribution is -2.32. The fourth-order valence-corrected chi connectivity index (χ4v) is 1.63. The van der Waals surface area contributed by atoms with Crippen molar-refractivity contribution in [1.82, 2.24) is 4.90 Å². The fourth-order valence-electron chi connectivity index (χ4n) is 1.63. The van der Waals surface area contributed by atoms with Crippen LogP contribution in [-0.4, -0.2) is 23.9 Å². The molecule has 0 aliphatic rings. The maximum atomic E-state index is 12.9. The van der Waals surface area contributed by atoms with Crippen molar-refractivity contribution in [3.63, 3.8) is 0 Å². The lowest BCUT2D eigenvalue weighted by molar-refractivity contribution is 0.0767. The van der Waals surface area contributed by atoms with Crippen LogP contribution in [0.2, 0.25) is 0 Å². The highest BCUT2D eigenvalue weighted by atomic mass is 19.1. The van der Waals surface area contributed by atoms with Crippen LogP contribution in [0.4, 0.5) is 4.39 Å². The summed E-state index contributed by atoms with van der Waals surface area (Å²) in [6.07, 6.45) is 0.305. The summed E-state index contributed by atoms with van der Waals surface area (Å²) in [5, 5.41) is 8.52. The first-order valence-electron chi connectivity index (χ1n) is 5.52. The molecule has 0 heterocycles. The third-order valence-corrected chi connectivity index (χ3v) is 2.58. The minimum absolute atomic E-state index is 0.153. The Kier molecular flexibility index (Phi) is 4.65. The molecule has 0 unspecified atom stereocenters. The highest BCUT2D eigenvalue weighted by Gasteiger charge is 2.15. The van der Waals surface area contributed by atoms with Gasteiger partial charge in [-0.05, 0) is 37.6 Å². The molecule has 0 radical (unpaired) electrons. The number of hydrogen-bond donors (Lipinski definition) is 0. The first kappa shape index (κ1) is 13.2. The summed E-state index contributed by atoms with van der Waals surface area (Å²) >= 11 is 0. The van der Waals surface area contributed by atoms with Gasteiger partial charge in [0, 0.05) is 18.7 Å². The van der Waals surface area contributed by atoms with Gasteiger partial charge in [-0.1, -0.05) is 0 Å². The Morgan fingerprint density at radius 1 is 1.53 bits per heavy atom. The van der Waals surface area contributed by atoms with E-state index in [4.69, 9.17) is 5.26 Å². The van der Waals surface area contributed by atoms with Crippen LogP contribution in [0.1, 0.15) is 29.3 Å². The molecule has 0 saturated carbocycles. The average molecular weight is 234 g/mol. The lowest BCUT2D eigenvalue weighted by Gasteiger charge is -2.20. The van der Waals surface area contributed by atoms with E-state index in [2.05, 4.69) is 0 Å². The molecule has 0 fully saturated rings. The maximum Gasteiger partial charge on any atom is 0.254 e. The molecular formula is C13H15FN2O. The normalized spacial score (nSPS) is 9.76. The molecule has 0 atom stereocenters. The summed E-state index contributed by atoms with van der Waals surface area (Å²) in [6, 6.07) is 6.11. The first-order valence-corrected chi connectivity index (χ1v) is 5.52. The largest absolute Gasteiger partial charge is 0.338 e. The molecule has 0 spiro atoms. The molecule has 0 aliphatic heterocycles. The van der Waals surface area contributed by atoms with E-state index in [0.29, 0.717) is 30.6 Å². The molecule has 4 heteroatoms. The summed E-state index contributed by atoms with van der Waals surface area (Å²) in [5.74, 6) is -0.501. The van der Waals surface area contributed by atoms with E-state index in [-0.39, 0.29) is 11.7 Å². The van der Waals surface area contributed by atoms with E-state index in [1.807, 2.05) is 13.0 Å². The number of carbonyl (C=O) groups excluding carboxylic acids is 1. The number of nitrogens with zero attached hydrogens (tertiary/aromatic N) is 2. The Balaban J connectivity index is 2.90. The third kappa shape index (κ3) is 3.28. The van der Waals surface area contributed by atoms with Gasteiger partial charge in [-0.25, -0.2) is 4.39 Å². The van der Waals surface area contributed by atoms with E-state index < -0.39 is 0 Å². The van der Waals surface area contributed by atoms with Gasteiger partial charge >= 0.3 is 0 Å². The summed E-state index contributed by atoms with van der Waals surface area (Å²) < 4.78 is 12.9. The Morgan fingerprint density at radius 2 is 2.24 bits per heavy atom. The van der Waals surface area contributed by atoms with Crippen LogP contribution >= 0.6 is 0 Å². The molecule has 17 heavy (non-hydrogen) atoms. The second-order valence-corrected chi connectivity index (χ2v) is 3.75. The van der Waals surface area contributed by atoms with Gasteiger partial charge < -0.3 is 4.90 Å². The van der Waals surface area contributed by atoms with Crippen LogP contribution in [-0.2, 0) is 0 Å². The zero-order chi connectivity index (χ0) is 12.8. The number of hydrogen-bond acceptors (Lipinski definition) is 2. The number of nitriles is 1. The number of halogens is 1. The molecule has 3 nitrogen and oxygen atoms in total. The van der Waals surface area contributed by atoms with Crippen LogP contribution in [0.25, 0.3) is 0 Å². The summed E-state index contributed by atoms with van der Waals surface area (Å²) in [7, 11) is 0. The Morgan fingerprint density at radius 3 is 2.76 bits per heavy atom. The first-order chi connectivity index (χ1) is 8.10. The number of benzene rings is 1. The smallest absolute Gasteiger partial charge is 0.254 e. The van der Waals surface area contributed by atoms with E-state index in [1.54, 1.807) is 11.8 Å². The topological polar surface area (TPSA) is 44.1 Å². The predicted molar refractivity (Wildman–Crippen MR) is 62.9 cm³/mol. The minimum Gasteiger partial charge on any atom is -0.338 e. The Labute approximate surface area is 100 Å². The summed E-state index contributed by atoms with van der Waals surface area (Å²) in [6.45, 7) is 4.50. The van der Waals surface area contributed by atoms with Crippen molar-refractivity contribution in [2.45, 2.75) is 20.3 Å². The zero-order valence-electron chi connectivity index (χ0n) is 10.0. The summed E-state index contributed by atoms with van der Waals surface area (Å²) in [4.78, 5) is 13.7. The second-order valence-electron chi connectivity index (χ2n) is 3.75. The number of amides is 1. The van der Waals surface area contributed by atoms with Crippen LogP contribution in [0.3, 0.4) is 0 Å². The maximum absolute atomic E-state index is 12.9. The highest BCUT2D eigenvalue weighted by molar-refractivity contribution is 5.95. The number of carbonyl (C=O) groups is 1. The second kappa shape index (κ2) is 6.00. The van der Waals surface area contributed by atoms with Crippen molar-refractivity contribution in [2.75, 3.05) is 13.1 Å². The van der Waals surface area contributed by atoms with Crippen molar-refractivity contribution < 1.29 is 9.18 Å². The van der Waals surface area contributed by atoms with Crippen molar-refractivity contribution in [3.8, 4) is 6.07 Å². The third-order valence-electron chi connectivity index (χ3n) is 2.58. The molecule has 1 amide bonds. The number of rotatable bonds is 4. The van der Waals surface area contributed by atoms with Crippen molar-refractivity contribution in [2.24, 2.45) is 0 Å². The molecule has 90 valence electrons. The predicted octanol–water partition coefficient (Wildman–Crippen LogP) is 2.51. The van der Waals surface area contributed by atoms with Crippen molar-refractivity contribution >= 4 is 5.91 Å². The fraction of sp³-hybridized carbons (Fsp3) is 0.385. The average Bonchev–Trinajstić information content (AvgIpc) is 2.29. The molecule has 0 saturated heterocycles. The highest BCUT2D eigenvalue weighted by Crippen LogP contribution is 2.13. The summed E-state index contributed by atoms with van der Waals surface area (Å²) in [5.41, 5.74) is 1.11. The van der Waals surface area contributed by atoms with E-state index >= 15 is 0 Å². The number of aryl methyl sites for hydroxylation is 1. The van der Waals surface area contributed by atoms with Gasteiger partial charge in [0.05, 0.1) is 12.5 Å². The quantitative estimate of drug-likeness (QED) is 0.803. The van der Waals surface area contributed by atoms with Crippen LogP contribution < -0.4 is 0 Å². The van der Waals surface area contributed by atoms with Gasteiger partial charge in [0.1, 0.15) is 5.82 Å².